The van der Waals surface area contributed by atoms with Crippen LogP contribution >= 0.6 is 0 Å². The Kier molecular flexibility index (Phi) is 6.89. The molecule has 0 saturated carbocycles. The molecule has 242 valence electrons. The van der Waals surface area contributed by atoms with Crippen molar-refractivity contribution < 1.29 is 4.42 Å². The van der Waals surface area contributed by atoms with Gasteiger partial charge in [0, 0.05) is 39.5 Å². The lowest BCUT2D eigenvalue weighted by molar-refractivity contribution is 0.457. The zero-order valence-electron chi connectivity index (χ0n) is 28.1. The molecule has 0 fully saturated rings. The first-order valence-electron chi connectivity index (χ1n) is 17.8. The van der Waals surface area contributed by atoms with Crippen molar-refractivity contribution in [3.05, 3.63) is 222 Å². The van der Waals surface area contributed by atoms with Crippen LogP contribution in [-0.4, -0.2) is 0 Å². The summed E-state index contributed by atoms with van der Waals surface area (Å²) in [6, 6.07) is 63.6. The summed E-state index contributed by atoms with van der Waals surface area (Å²) in [7, 11) is 0. The minimum Gasteiger partial charge on any atom is -0.456 e. The summed E-state index contributed by atoms with van der Waals surface area (Å²) in [5.74, 6) is 0.538. The number of anilines is 3. The number of furan rings is 1. The molecule has 0 bridgehead atoms. The molecule has 2 heteroatoms. The molecule has 2 nitrogen and oxygen atoms in total. The molecular formula is C49H35NO. The lowest BCUT2D eigenvalue weighted by Crippen LogP contribution is -2.35. The van der Waals surface area contributed by atoms with E-state index in [-0.39, 0.29) is 11.3 Å². The van der Waals surface area contributed by atoms with E-state index in [2.05, 4.69) is 205 Å². The first kappa shape index (κ1) is 29.5. The lowest BCUT2D eigenvalue weighted by Gasteiger charge is -2.38. The van der Waals surface area contributed by atoms with Gasteiger partial charge in [-0.05, 0) is 76.3 Å². The van der Waals surface area contributed by atoms with E-state index >= 15 is 0 Å². The molecule has 0 saturated heterocycles. The van der Waals surface area contributed by atoms with Crippen LogP contribution in [0, 0.1) is 5.92 Å². The molecule has 2 aliphatic rings. The molecule has 10 rings (SSSR count). The zero-order valence-corrected chi connectivity index (χ0v) is 28.1. The average molecular weight is 654 g/mol. The normalized spacial score (nSPS) is 18.9. The fraction of sp³-hybridized carbons (Fsp3) is 0.0612. The minimum atomic E-state index is -0.369. The van der Waals surface area contributed by atoms with Gasteiger partial charge in [-0.25, -0.2) is 0 Å². The highest BCUT2D eigenvalue weighted by molar-refractivity contribution is 6.14. The van der Waals surface area contributed by atoms with Gasteiger partial charge in [0.25, 0.3) is 0 Å². The van der Waals surface area contributed by atoms with Crippen LogP contribution in [0.15, 0.2) is 205 Å². The van der Waals surface area contributed by atoms with Gasteiger partial charge in [0.1, 0.15) is 11.2 Å². The second-order valence-electron chi connectivity index (χ2n) is 13.6. The molecule has 7 aromatic carbocycles. The number of hydrogen-bond donors (Lipinski definition) is 0. The van der Waals surface area contributed by atoms with Gasteiger partial charge in [0.15, 0.2) is 0 Å². The fourth-order valence-corrected chi connectivity index (χ4v) is 8.98. The van der Waals surface area contributed by atoms with Crippen LogP contribution in [0.3, 0.4) is 0 Å². The van der Waals surface area contributed by atoms with E-state index < -0.39 is 0 Å². The van der Waals surface area contributed by atoms with E-state index in [0.29, 0.717) is 5.92 Å². The third kappa shape index (κ3) is 4.50. The van der Waals surface area contributed by atoms with Crippen LogP contribution in [0.4, 0.5) is 17.1 Å². The van der Waals surface area contributed by atoms with Gasteiger partial charge >= 0.3 is 0 Å². The van der Waals surface area contributed by atoms with E-state index in [0.717, 1.165) is 50.1 Å². The Balaban J connectivity index is 1.24. The Morgan fingerprint density at radius 2 is 1.14 bits per heavy atom. The Morgan fingerprint density at radius 1 is 0.490 bits per heavy atom. The summed E-state index contributed by atoms with van der Waals surface area (Å²) in [5.41, 5.74) is 12.4. The second-order valence-corrected chi connectivity index (χ2v) is 13.6. The highest BCUT2D eigenvalue weighted by Gasteiger charge is 2.52. The van der Waals surface area contributed by atoms with E-state index in [1.165, 1.54) is 22.3 Å². The number of benzene rings is 7. The van der Waals surface area contributed by atoms with E-state index in [4.69, 9.17) is 4.42 Å². The molecule has 51 heavy (non-hydrogen) atoms. The Bertz CT molecular complexity index is 2560. The summed E-state index contributed by atoms with van der Waals surface area (Å²) in [6.45, 7) is 0. The van der Waals surface area contributed by atoms with Gasteiger partial charge in [-0.15, -0.1) is 0 Å². The number of fused-ring (bicyclic) bond motifs is 6. The number of nitrogens with zero attached hydrogens (tertiary/aromatic N) is 1. The SMILES string of the molecule is C1=CC2c3ccccc3C(c3ccccc3)(c3ccc4oc5cccc(-c6ccccc6N(c6ccccc6)c6ccccc6)c5c4c3)C2C=C1. The van der Waals surface area contributed by atoms with Crippen LogP contribution in [0.1, 0.15) is 28.2 Å². The van der Waals surface area contributed by atoms with Crippen molar-refractivity contribution in [2.45, 2.75) is 11.3 Å². The van der Waals surface area contributed by atoms with Gasteiger partial charge < -0.3 is 9.32 Å². The third-order valence-corrected chi connectivity index (χ3v) is 11.0. The zero-order chi connectivity index (χ0) is 33.8. The summed E-state index contributed by atoms with van der Waals surface area (Å²) < 4.78 is 6.68. The first-order valence-corrected chi connectivity index (χ1v) is 17.8. The minimum absolute atomic E-state index is 0.239. The standard InChI is InChI=1S/C49H35NO/c1-4-17-34(18-5-1)49(43-27-13-10-23-38(43)39-24-11-14-28-44(39)49)35-31-32-46-42(33-35)48-41(26-16-30-47(48)51-46)40-25-12-15-29-45(40)50(36-19-6-2-7-20-36)37-21-8-3-9-22-37/h1-33,38,43H. The predicted octanol–water partition coefficient (Wildman–Crippen LogP) is 12.9. The van der Waals surface area contributed by atoms with Crippen LogP contribution in [0.25, 0.3) is 33.1 Å². The van der Waals surface area contributed by atoms with Crippen molar-refractivity contribution >= 4 is 39.0 Å². The maximum Gasteiger partial charge on any atom is 0.136 e. The highest BCUT2D eigenvalue weighted by Crippen LogP contribution is 2.60. The Labute approximate surface area is 298 Å². The molecule has 0 aliphatic heterocycles. The summed E-state index contributed by atoms with van der Waals surface area (Å²) in [5, 5.41) is 2.26. The van der Waals surface area contributed by atoms with Gasteiger partial charge in [-0.2, -0.15) is 0 Å². The van der Waals surface area contributed by atoms with Crippen LogP contribution in [0.2, 0.25) is 0 Å². The van der Waals surface area contributed by atoms with Gasteiger partial charge in [0.05, 0.1) is 11.1 Å². The molecule has 0 radical (unpaired) electrons. The molecule has 0 N–H and O–H groups in total. The van der Waals surface area contributed by atoms with Gasteiger partial charge in [-0.1, -0.05) is 152 Å². The topological polar surface area (TPSA) is 16.4 Å². The molecular weight excluding hydrogens is 619 g/mol. The van der Waals surface area contributed by atoms with Crippen molar-refractivity contribution in [2.75, 3.05) is 4.90 Å². The van der Waals surface area contributed by atoms with Crippen molar-refractivity contribution in [3.63, 3.8) is 0 Å². The number of para-hydroxylation sites is 3. The molecule has 8 aromatic rings. The number of allylic oxidation sites excluding steroid dienone is 4. The largest absolute Gasteiger partial charge is 0.456 e. The molecule has 2 aliphatic carbocycles. The maximum absolute atomic E-state index is 6.68. The molecule has 3 atom stereocenters. The van der Waals surface area contributed by atoms with E-state index in [1.54, 1.807) is 0 Å². The van der Waals surface area contributed by atoms with E-state index in [9.17, 15) is 0 Å². The fourth-order valence-electron chi connectivity index (χ4n) is 8.98. The summed E-state index contributed by atoms with van der Waals surface area (Å²) >= 11 is 0. The van der Waals surface area contributed by atoms with Crippen molar-refractivity contribution in [1.82, 2.24) is 0 Å². The number of hydrogen-bond acceptors (Lipinski definition) is 2. The average Bonchev–Trinajstić information content (AvgIpc) is 3.73. The van der Waals surface area contributed by atoms with Crippen molar-refractivity contribution in [2.24, 2.45) is 5.92 Å². The quantitative estimate of drug-likeness (QED) is 0.178. The van der Waals surface area contributed by atoms with Gasteiger partial charge in [0.2, 0.25) is 0 Å². The monoisotopic (exact) mass is 653 g/mol. The first-order chi connectivity index (χ1) is 25.3. The lowest BCUT2D eigenvalue weighted by atomic mass is 9.63. The van der Waals surface area contributed by atoms with Crippen molar-refractivity contribution in [1.29, 1.82) is 0 Å². The maximum atomic E-state index is 6.68. The molecule has 0 spiro atoms. The molecule has 0 amide bonds. The Hall–Kier alpha value is -6.38. The highest BCUT2D eigenvalue weighted by atomic mass is 16.3. The third-order valence-electron chi connectivity index (χ3n) is 11.0. The molecule has 1 heterocycles. The molecule has 3 unspecified atom stereocenters. The second kappa shape index (κ2) is 11.9. The van der Waals surface area contributed by atoms with Crippen LogP contribution < -0.4 is 4.90 Å². The predicted molar refractivity (Wildman–Crippen MR) is 211 cm³/mol. The van der Waals surface area contributed by atoms with Crippen molar-refractivity contribution in [3.8, 4) is 11.1 Å². The van der Waals surface area contributed by atoms with Crippen LogP contribution in [-0.2, 0) is 5.41 Å². The van der Waals surface area contributed by atoms with Crippen LogP contribution in [0.5, 0.6) is 0 Å². The Morgan fingerprint density at radius 3 is 1.92 bits per heavy atom. The van der Waals surface area contributed by atoms with Gasteiger partial charge in [-0.3, -0.25) is 0 Å². The summed E-state index contributed by atoms with van der Waals surface area (Å²) in [4.78, 5) is 2.35. The smallest absolute Gasteiger partial charge is 0.136 e. The molecule has 1 aromatic heterocycles. The van der Waals surface area contributed by atoms with E-state index in [1.807, 2.05) is 0 Å². The summed E-state index contributed by atoms with van der Waals surface area (Å²) in [6.07, 6.45) is 9.26. The number of rotatable bonds is 6.